The Morgan fingerprint density at radius 3 is 1.86 bits per heavy atom. The van der Waals surface area contributed by atoms with Crippen LogP contribution in [0, 0.1) is 29.1 Å². The van der Waals surface area contributed by atoms with Crippen LogP contribution in [0.5, 0.6) is 0 Å². The molecular weight excluding hydrogens is 295 g/mol. The van der Waals surface area contributed by atoms with E-state index in [0.29, 0.717) is 13.1 Å². The molecule has 21 heavy (non-hydrogen) atoms. The quantitative estimate of drug-likeness (QED) is 0.529. The van der Waals surface area contributed by atoms with Gasteiger partial charge in [-0.1, -0.05) is 6.42 Å². The van der Waals surface area contributed by atoms with Crippen LogP contribution in [0.4, 0.5) is 27.6 Å². The summed E-state index contributed by atoms with van der Waals surface area (Å²) in [5, 5.41) is 1.76. The summed E-state index contributed by atoms with van der Waals surface area (Å²) in [6.45, 7) is 1.16. The molecule has 8 heteroatoms. The van der Waals surface area contributed by atoms with Gasteiger partial charge in [-0.25, -0.2) is 22.0 Å². The molecule has 1 saturated heterocycles. The second-order valence-electron chi connectivity index (χ2n) is 4.83. The molecule has 1 fully saturated rings. The van der Waals surface area contributed by atoms with Crippen molar-refractivity contribution in [2.45, 2.75) is 19.3 Å². The zero-order valence-corrected chi connectivity index (χ0v) is 11.0. The van der Waals surface area contributed by atoms with E-state index in [0.717, 1.165) is 19.3 Å². The highest BCUT2D eigenvalue weighted by Gasteiger charge is 2.27. The lowest BCUT2D eigenvalue weighted by molar-refractivity contribution is -0.117. The van der Waals surface area contributed by atoms with Gasteiger partial charge in [0.05, 0.1) is 6.54 Å². The average molecular weight is 308 g/mol. The van der Waals surface area contributed by atoms with Crippen molar-refractivity contribution in [1.29, 1.82) is 0 Å². The number of hydrogen-bond acceptors (Lipinski definition) is 2. The van der Waals surface area contributed by atoms with Gasteiger partial charge in [-0.05, 0) is 25.9 Å². The van der Waals surface area contributed by atoms with Crippen molar-refractivity contribution >= 4 is 11.6 Å². The number of carbonyl (C=O) groups excluding carboxylic acids is 1. The lowest BCUT2D eigenvalue weighted by atomic mass is 10.1. The molecule has 0 bridgehead atoms. The summed E-state index contributed by atoms with van der Waals surface area (Å²) in [6.07, 6.45) is 2.83. The number of piperidine rings is 1. The number of nitrogens with one attached hydrogen (secondary N) is 1. The lowest BCUT2D eigenvalue weighted by Crippen LogP contribution is -2.37. The van der Waals surface area contributed by atoms with Crippen molar-refractivity contribution in [1.82, 2.24) is 4.90 Å². The van der Waals surface area contributed by atoms with Crippen molar-refractivity contribution in [2.24, 2.45) is 0 Å². The van der Waals surface area contributed by atoms with E-state index >= 15 is 0 Å². The number of carbonyl (C=O) groups is 1. The Labute approximate surface area is 117 Å². The highest BCUT2D eigenvalue weighted by Crippen LogP contribution is 2.27. The van der Waals surface area contributed by atoms with Gasteiger partial charge in [0, 0.05) is 0 Å². The van der Waals surface area contributed by atoms with E-state index in [-0.39, 0.29) is 6.54 Å². The molecular formula is C13H13F5N2O. The molecule has 1 heterocycles. The molecule has 0 radical (unpaired) electrons. The number of amides is 1. The van der Waals surface area contributed by atoms with Gasteiger partial charge in [-0.3, -0.25) is 9.69 Å². The molecule has 1 aromatic rings. The third-order valence-corrected chi connectivity index (χ3v) is 3.29. The van der Waals surface area contributed by atoms with Gasteiger partial charge < -0.3 is 5.32 Å². The average Bonchev–Trinajstić information content (AvgIpc) is 2.48. The Balaban J connectivity index is 2.13. The van der Waals surface area contributed by atoms with Crippen molar-refractivity contribution in [2.75, 3.05) is 25.0 Å². The predicted molar refractivity (Wildman–Crippen MR) is 65.2 cm³/mol. The summed E-state index contributed by atoms with van der Waals surface area (Å²) in [6, 6.07) is 0. The van der Waals surface area contributed by atoms with Gasteiger partial charge in [0.25, 0.3) is 0 Å². The topological polar surface area (TPSA) is 32.3 Å². The molecule has 0 aliphatic carbocycles. The number of hydrogen-bond donors (Lipinski definition) is 1. The molecule has 3 nitrogen and oxygen atoms in total. The van der Waals surface area contributed by atoms with Crippen LogP contribution in [-0.4, -0.2) is 30.4 Å². The van der Waals surface area contributed by atoms with Gasteiger partial charge in [-0.15, -0.1) is 0 Å². The normalized spacial score (nSPS) is 16.0. The first kappa shape index (κ1) is 15.7. The Hall–Kier alpha value is -1.70. The number of benzene rings is 1. The molecule has 0 saturated carbocycles. The molecule has 116 valence electrons. The summed E-state index contributed by atoms with van der Waals surface area (Å²) >= 11 is 0. The van der Waals surface area contributed by atoms with E-state index in [9.17, 15) is 26.7 Å². The molecule has 1 aliphatic heterocycles. The van der Waals surface area contributed by atoms with Gasteiger partial charge in [-0.2, -0.15) is 0 Å². The zero-order valence-electron chi connectivity index (χ0n) is 11.0. The minimum atomic E-state index is -2.25. The number of likely N-dealkylation sites (tertiary alicyclic amines) is 1. The summed E-state index contributed by atoms with van der Waals surface area (Å²) < 4.78 is 65.6. The minimum Gasteiger partial charge on any atom is -0.320 e. The number of rotatable bonds is 3. The molecule has 1 aromatic carbocycles. The lowest BCUT2D eigenvalue weighted by Gasteiger charge is -2.25. The molecule has 0 unspecified atom stereocenters. The van der Waals surface area contributed by atoms with Crippen LogP contribution in [0.15, 0.2) is 0 Å². The van der Waals surface area contributed by atoms with Crippen LogP contribution in [0.1, 0.15) is 19.3 Å². The van der Waals surface area contributed by atoms with E-state index in [4.69, 9.17) is 0 Å². The fourth-order valence-electron chi connectivity index (χ4n) is 2.21. The zero-order chi connectivity index (χ0) is 15.6. The highest BCUT2D eigenvalue weighted by atomic mass is 19.2. The minimum absolute atomic E-state index is 0.153. The fraction of sp³-hybridized carbons (Fsp3) is 0.462. The third-order valence-electron chi connectivity index (χ3n) is 3.29. The van der Waals surface area contributed by atoms with Crippen LogP contribution in [-0.2, 0) is 4.79 Å². The SMILES string of the molecule is O=C(CN1CCCCC1)Nc1c(F)c(F)c(F)c(F)c1F. The fourth-order valence-corrected chi connectivity index (χ4v) is 2.21. The van der Waals surface area contributed by atoms with E-state index in [1.54, 1.807) is 10.2 Å². The van der Waals surface area contributed by atoms with Crippen molar-refractivity contribution in [3.05, 3.63) is 29.1 Å². The van der Waals surface area contributed by atoms with Crippen LogP contribution >= 0.6 is 0 Å². The third kappa shape index (κ3) is 3.31. The molecule has 1 N–H and O–H groups in total. The number of nitrogens with zero attached hydrogens (tertiary/aromatic N) is 1. The first-order valence-electron chi connectivity index (χ1n) is 6.45. The number of halogens is 5. The van der Waals surface area contributed by atoms with E-state index in [1.807, 2.05) is 0 Å². The van der Waals surface area contributed by atoms with Crippen LogP contribution in [0.3, 0.4) is 0 Å². The predicted octanol–water partition coefficient (Wildman–Crippen LogP) is 2.81. The molecule has 1 amide bonds. The molecule has 0 spiro atoms. The van der Waals surface area contributed by atoms with Crippen molar-refractivity contribution in [3.8, 4) is 0 Å². The van der Waals surface area contributed by atoms with Gasteiger partial charge >= 0.3 is 0 Å². The maximum absolute atomic E-state index is 13.4. The van der Waals surface area contributed by atoms with Gasteiger partial charge in [0.1, 0.15) is 5.69 Å². The van der Waals surface area contributed by atoms with E-state index in [1.165, 1.54) is 0 Å². The van der Waals surface area contributed by atoms with Crippen LogP contribution in [0.2, 0.25) is 0 Å². The Morgan fingerprint density at radius 1 is 0.857 bits per heavy atom. The summed E-state index contributed by atoms with van der Waals surface area (Å²) in [7, 11) is 0. The maximum atomic E-state index is 13.4. The van der Waals surface area contributed by atoms with Crippen LogP contribution < -0.4 is 5.32 Å². The second-order valence-corrected chi connectivity index (χ2v) is 4.83. The number of anilines is 1. The smallest absolute Gasteiger partial charge is 0.238 e. The molecule has 1 aliphatic rings. The van der Waals surface area contributed by atoms with Crippen LogP contribution in [0.25, 0.3) is 0 Å². The first-order chi connectivity index (χ1) is 9.91. The summed E-state index contributed by atoms with van der Waals surface area (Å²) in [5.74, 6) is -11.3. The Bertz CT molecular complexity index is 529. The standard InChI is InChI=1S/C13H13F5N2O/c14-8-9(15)11(17)13(12(18)10(8)16)19-7(21)6-20-4-2-1-3-5-20/h1-6H2,(H,19,21). The van der Waals surface area contributed by atoms with E-state index < -0.39 is 40.7 Å². The van der Waals surface area contributed by atoms with Crippen molar-refractivity contribution in [3.63, 3.8) is 0 Å². The maximum Gasteiger partial charge on any atom is 0.238 e. The summed E-state index contributed by atoms with van der Waals surface area (Å²) in [5.41, 5.74) is -1.31. The Kier molecular flexibility index (Phi) is 4.76. The Morgan fingerprint density at radius 2 is 1.33 bits per heavy atom. The molecule has 0 aromatic heterocycles. The van der Waals surface area contributed by atoms with Gasteiger partial charge in [0.2, 0.25) is 11.7 Å². The van der Waals surface area contributed by atoms with E-state index in [2.05, 4.69) is 0 Å². The first-order valence-corrected chi connectivity index (χ1v) is 6.45. The highest BCUT2D eigenvalue weighted by molar-refractivity contribution is 5.92. The second kappa shape index (κ2) is 6.38. The molecule has 0 atom stereocenters. The van der Waals surface area contributed by atoms with Gasteiger partial charge in [0.15, 0.2) is 23.3 Å². The molecule has 2 rings (SSSR count). The summed E-state index contributed by atoms with van der Waals surface area (Å²) in [4.78, 5) is 13.4. The van der Waals surface area contributed by atoms with Crippen molar-refractivity contribution < 1.29 is 26.7 Å². The monoisotopic (exact) mass is 308 g/mol. The largest absolute Gasteiger partial charge is 0.320 e.